The molecule has 5 nitrogen and oxygen atoms in total. The molecule has 0 amide bonds. The van der Waals surface area contributed by atoms with Crippen LogP contribution in [0.25, 0.3) is 0 Å². The van der Waals surface area contributed by atoms with E-state index in [1.165, 1.54) is 31.4 Å². The van der Waals surface area contributed by atoms with Crippen LogP contribution < -0.4 is 0 Å². The Morgan fingerprint density at radius 3 is 2.48 bits per heavy atom. The van der Waals surface area contributed by atoms with Crippen molar-refractivity contribution < 1.29 is 19.1 Å². The van der Waals surface area contributed by atoms with Crippen molar-refractivity contribution >= 4 is 11.9 Å². The first kappa shape index (κ1) is 22.1. The Balaban J connectivity index is 1.58. The van der Waals surface area contributed by atoms with E-state index in [9.17, 15) is 14.9 Å². The number of carbonyl (C=O) groups is 2. The molecule has 3 saturated carbocycles. The number of ether oxygens (including phenoxy) is 2. The maximum Gasteiger partial charge on any atom is 0.302 e. The lowest BCUT2D eigenvalue weighted by Gasteiger charge is -2.57. The summed E-state index contributed by atoms with van der Waals surface area (Å²) in [4.78, 5) is 22.7. The fraction of sp³-hybridized carbons (Fsp3) is 0.731. The molecule has 0 heterocycles. The summed E-state index contributed by atoms with van der Waals surface area (Å²) < 4.78 is 10.7. The quantitative estimate of drug-likeness (QED) is 0.350. The lowest BCUT2D eigenvalue weighted by molar-refractivity contribution is -0.148. The Morgan fingerprint density at radius 1 is 1.10 bits per heavy atom. The van der Waals surface area contributed by atoms with Crippen LogP contribution in [0.4, 0.5) is 0 Å². The maximum atomic E-state index is 11.4. The van der Waals surface area contributed by atoms with Gasteiger partial charge in [-0.3, -0.25) is 9.59 Å². The van der Waals surface area contributed by atoms with Gasteiger partial charge in [0.2, 0.25) is 0 Å². The second-order valence-corrected chi connectivity index (χ2v) is 10.6. The fourth-order valence-corrected chi connectivity index (χ4v) is 7.63. The van der Waals surface area contributed by atoms with E-state index in [0.717, 1.165) is 44.9 Å². The Morgan fingerprint density at radius 2 is 1.81 bits per heavy atom. The van der Waals surface area contributed by atoms with Gasteiger partial charge < -0.3 is 9.47 Å². The Kier molecular flexibility index (Phi) is 5.79. The molecule has 4 aliphatic carbocycles. The minimum atomic E-state index is -0.334. The molecule has 6 atom stereocenters. The van der Waals surface area contributed by atoms with E-state index in [4.69, 9.17) is 9.47 Å². The van der Waals surface area contributed by atoms with Crippen molar-refractivity contribution in [3.63, 3.8) is 0 Å². The van der Waals surface area contributed by atoms with E-state index in [0.29, 0.717) is 23.3 Å². The summed E-state index contributed by atoms with van der Waals surface area (Å²) in [5, 5.41) is 9.77. The van der Waals surface area contributed by atoms with Crippen molar-refractivity contribution in [1.82, 2.24) is 0 Å². The molecule has 3 fully saturated rings. The Hall–Kier alpha value is -2.09. The molecule has 0 bridgehead atoms. The van der Waals surface area contributed by atoms with Gasteiger partial charge in [0.1, 0.15) is 12.7 Å². The molecule has 4 aliphatic rings. The predicted molar refractivity (Wildman–Crippen MR) is 117 cm³/mol. The first-order valence-corrected chi connectivity index (χ1v) is 11.8. The van der Waals surface area contributed by atoms with Crippen LogP contribution in [0, 0.1) is 39.9 Å². The first-order valence-electron chi connectivity index (χ1n) is 11.8. The van der Waals surface area contributed by atoms with E-state index in [1.54, 1.807) is 0 Å². The zero-order valence-electron chi connectivity index (χ0n) is 19.3. The Labute approximate surface area is 185 Å². The first-order chi connectivity index (χ1) is 14.7. The second kappa shape index (κ2) is 8.11. The summed E-state index contributed by atoms with van der Waals surface area (Å²) in [7, 11) is 0. The number of esters is 2. The van der Waals surface area contributed by atoms with E-state index in [1.807, 2.05) is 0 Å². The van der Waals surface area contributed by atoms with Crippen LogP contribution in [-0.4, -0.2) is 24.6 Å². The highest BCUT2D eigenvalue weighted by Crippen LogP contribution is 2.66. The predicted octanol–water partition coefficient (Wildman–Crippen LogP) is 5.26. The molecule has 0 aromatic carbocycles. The second-order valence-electron chi connectivity index (χ2n) is 10.6. The number of allylic oxidation sites excluding steroid dienone is 2. The summed E-state index contributed by atoms with van der Waals surface area (Å²) >= 11 is 0. The number of carbonyl (C=O) groups excluding carboxylic acids is 2. The molecular weight excluding hydrogens is 390 g/mol. The summed E-state index contributed by atoms with van der Waals surface area (Å²) in [6, 6.07) is 2.35. The minimum absolute atomic E-state index is 0.0303. The van der Waals surface area contributed by atoms with E-state index >= 15 is 0 Å². The highest BCUT2D eigenvalue weighted by Gasteiger charge is 2.57. The number of hydrogen-bond acceptors (Lipinski definition) is 5. The van der Waals surface area contributed by atoms with Crippen LogP contribution in [0.1, 0.15) is 79.1 Å². The largest absolute Gasteiger partial charge is 0.462 e. The van der Waals surface area contributed by atoms with Crippen LogP contribution in [0.3, 0.4) is 0 Å². The van der Waals surface area contributed by atoms with Crippen molar-refractivity contribution in [2.24, 2.45) is 28.6 Å². The van der Waals surface area contributed by atoms with Gasteiger partial charge in [0.25, 0.3) is 0 Å². The molecule has 0 saturated heterocycles. The van der Waals surface area contributed by atoms with Gasteiger partial charge in [0, 0.05) is 20.3 Å². The summed E-state index contributed by atoms with van der Waals surface area (Å²) in [6.07, 6.45) is 10.8. The lowest BCUT2D eigenvalue weighted by Crippen LogP contribution is -2.49. The zero-order valence-corrected chi connectivity index (χ0v) is 19.3. The van der Waals surface area contributed by atoms with Crippen molar-refractivity contribution in [1.29, 1.82) is 5.26 Å². The zero-order chi connectivity index (χ0) is 22.4. The smallest absolute Gasteiger partial charge is 0.302 e. The van der Waals surface area contributed by atoms with Gasteiger partial charge in [-0.1, -0.05) is 25.5 Å². The van der Waals surface area contributed by atoms with Gasteiger partial charge in [-0.15, -0.1) is 0 Å². The van der Waals surface area contributed by atoms with Crippen LogP contribution in [0.15, 0.2) is 22.8 Å². The molecular formula is C26H35NO4. The minimum Gasteiger partial charge on any atom is -0.462 e. The molecule has 0 unspecified atom stereocenters. The highest BCUT2D eigenvalue weighted by molar-refractivity contribution is 5.66. The fourth-order valence-electron chi connectivity index (χ4n) is 7.63. The third kappa shape index (κ3) is 3.73. The standard InChI is InChI=1S/C26H35NO4/c1-16(28)30-15-18(14-27)22-7-8-23-21-6-5-19-13-20(31-17(2)29)9-11-25(19,3)24(21)10-12-26(22,23)4/h5,20-21,23-24H,6-13,15H2,1-4H3/b22-18+/t20-,21-,23-,24-,25+,26+/m1/s1. The van der Waals surface area contributed by atoms with Crippen LogP contribution in [0.2, 0.25) is 0 Å². The topological polar surface area (TPSA) is 76.4 Å². The van der Waals surface area contributed by atoms with Crippen LogP contribution >= 0.6 is 0 Å². The number of nitriles is 1. The van der Waals surface area contributed by atoms with Gasteiger partial charge in [-0.05, 0) is 79.1 Å². The summed E-state index contributed by atoms with van der Waals surface area (Å²) in [6.45, 7) is 7.79. The highest BCUT2D eigenvalue weighted by atomic mass is 16.5. The molecule has 0 aromatic heterocycles. The molecule has 4 rings (SSSR count). The molecule has 0 radical (unpaired) electrons. The van der Waals surface area contributed by atoms with E-state index < -0.39 is 0 Å². The number of rotatable bonds is 3. The van der Waals surface area contributed by atoms with E-state index in [-0.39, 0.29) is 35.5 Å². The third-order valence-corrected chi connectivity index (χ3v) is 9.09. The van der Waals surface area contributed by atoms with Gasteiger partial charge in [-0.2, -0.15) is 5.26 Å². The molecule has 168 valence electrons. The van der Waals surface area contributed by atoms with Gasteiger partial charge in [-0.25, -0.2) is 0 Å². The van der Waals surface area contributed by atoms with Gasteiger partial charge >= 0.3 is 11.9 Å². The van der Waals surface area contributed by atoms with Crippen molar-refractivity contribution in [2.45, 2.75) is 85.2 Å². The van der Waals surface area contributed by atoms with Crippen LogP contribution in [-0.2, 0) is 19.1 Å². The number of nitrogens with zero attached hydrogens (tertiary/aromatic N) is 1. The average molecular weight is 426 g/mol. The third-order valence-electron chi connectivity index (χ3n) is 9.09. The molecule has 0 N–H and O–H groups in total. The van der Waals surface area contributed by atoms with Gasteiger partial charge in [0.05, 0.1) is 11.6 Å². The number of fused-ring (bicyclic) bond motifs is 5. The normalized spacial score (nSPS) is 40.4. The van der Waals surface area contributed by atoms with Gasteiger partial charge in [0.15, 0.2) is 0 Å². The molecule has 5 heteroatoms. The molecule has 0 aliphatic heterocycles. The maximum absolute atomic E-state index is 11.4. The SMILES string of the molecule is CC(=O)OC/C(C#N)=C1\CC[C@@H]2[C@H]3CC=C4C[C@H](OC(C)=O)CC[C@]4(C)[C@@H]3CC[C@@]12C. The number of hydrogen-bond donors (Lipinski definition) is 0. The van der Waals surface area contributed by atoms with Crippen molar-refractivity contribution in [3.05, 3.63) is 22.8 Å². The molecule has 0 spiro atoms. The van der Waals surface area contributed by atoms with E-state index in [2.05, 4.69) is 26.0 Å². The Bertz CT molecular complexity index is 880. The lowest BCUT2D eigenvalue weighted by atomic mass is 9.47. The monoisotopic (exact) mass is 425 g/mol. The van der Waals surface area contributed by atoms with Crippen LogP contribution in [0.5, 0.6) is 0 Å². The molecule has 31 heavy (non-hydrogen) atoms. The average Bonchev–Trinajstić information content (AvgIpc) is 3.05. The molecule has 0 aromatic rings. The summed E-state index contributed by atoms with van der Waals surface area (Å²) in [5.74, 6) is 1.34. The van der Waals surface area contributed by atoms with Crippen molar-refractivity contribution in [2.75, 3.05) is 6.61 Å². The summed E-state index contributed by atoms with van der Waals surface area (Å²) in [5.41, 5.74) is 3.62. The van der Waals surface area contributed by atoms with Crippen molar-refractivity contribution in [3.8, 4) is 6.07 Å².